The largest absolute Gasteiger partial charge is 0.378 e. The van der Waals surface area contributed by atoms with E-state index < -0.39 is 0 Å². The second-order valence-electron chi connectivity index (χ2n) is 5.02. The van der Waals surface area contributed by atoms with E-state index in [4.69, 9.17) is 10.5 Å². The molecule has 2 amide bonds. The van der Waals surface area contributed by atoms with E-state index in [1.54, 1.807) is 24.1 Å². The van der Waals surface area contributed by atoms with Crippen molar-refractivity contribution < 1.29 is 14.3 Å². The van der Waals surface area contributed by atoms with E-state index in [9.17, 15) is 9.59 Å². The van der Waals surface area contributed by atoms with Crippen LogP contribution in [0, 0.1) is 5.92 Å². The van der Waals surface area contributed by atoms with Crippen molar-refractivity contribution in [1.29, 1.82) is 0 Å². The summed E-state index contributed by atoms with van der Waals surface area (Å²) in [5.74, 6) is -0.0305. The van der Waals surface area contributed by atoms with Gasteiger partial charge in [0.15, 0.2) is 5.82 Å². The smallest absolute Gasteiger partial charge is 0.244 e. The fourth-order valence-electron chi connectivity index (χ4n) is 1.92. The zero-order valence-electron chi connectivity index (χ0n) is 12.1. The van der Waals surface area contributed by atoms with Crippen LogP contribution >= 0.6 is 0 Å². The van der Waals surface area contributed by atoms with Crippen LogP contribution in [-0.2, 0) is 20.9 Å². The highest BCUT2D eigenvalue weighted by molar-refractivity contribution is 5.91. The van der Waals surface area contributed by atoms with Crippen LogP contribution in [0.5, 0.6) is 0 Å². The van der Waals surface area contributed by atoms with E-state index in [1.165, 1.54) is 4.68 Å². The summed E-state index contributed by atoms with van der Waals surface area (Å²) in [6.45, 7) is 4.54. The molecule has 8 heteroatoms. The summed E-state index contributed by atoms with van der Waals surface area (Å²) in [4.78, 5) is 25.5. The first-order valence-electron chi connectivity index (χ1n) is 7.00. The van der Waals surface area contributed by atoms with Gasteiger partial charge in [-0.2, -0.15) is 5.10 Å². The van der Waals surface area contributed by atoms with E-state index in [0.29, 0.717) is 32.1 Å². The molecule has 0 radical (unpaired) electrons. The normalized spacial score (nSPS) is 16.6. The Bertz CT molecular complexity index is 496. The predicted octanol–water partition coefficient (Wildman–Crippen LogP) is -0.725. The van der Waals surface area contributed by atoms with Crippen LogP contribution in [0.25, 0.3) is 0 Å². The van der Waals surface area contributed by atoms with Gasteiger partial charge in [-0.25, -0.2) is 0 Å². The van der Waals surface area contributed by atoms with Gasteiger partial charge < -0.3 is 20.7 Å². The van der Waals surface area contributed by atoms with Gasteiger partial charge in [0.1, 0.15) is 6.54 Å². The van der Waals surface area contributed by atoms with Gasteiger partial charge in [0, 0.05) is 37.8 Å². The van der Waals surface area contributed by atoms with E-state index >= 15 is 0 Å². The standard InChI is InChI=1S/C13H21N5O3/c1-10(8-14)13(20)15-11-2-3-18(16-11)9-12(19)17-4-6-21-7-5-17/h2-3,10H,4-9,14H2,1H3,(H,15,16,20). The molecule has 0 saturated carbocycles. The maximum atomic E-state index is 12.1. The Balaban J connectivity index is 1.87. The summed E-state index contributed by atoms with van der Waals surface area (Å²) in [5.41, 5.74) is 5.43. The molecule has 0 spiro atoms. The molecule has 8 nitrogen and oxygen atoms in total. The van der Waals surface area contributed by atoms with Gasteiger partial charge in [0.2, 0.25) is 11.8 Å². The number of nitrogens with one attached hydrogen (secondary N) is 1. The Hall–Kier alpha value is -1.93. The number of aromatic nitrogens is 2. The third-order valence-electron chi connectivity index (χ3n) is 3.35. The molecule has 0 aromatic carbocycles. The minimum Gasteiger partial charge on any atom is -0.378 e. The lowest BCUT2D eigenvalue weighted by Gasteiger charge is -2.26. The molecular formula is C13H21N5O3. The summed E-state index contributed by atoms with van der Waals surface area (Å²) >= 11 is 0. The number of nitrogens with two attached hydrogens (primary N) is 1. The van der Waals surface area contributed by atoms with Gasteiger partial charge in [-0.3, -0.25) is 14.3 Å². The van der Waals surface area contributed by atoms with Gasteiger partial charge in [0.25, 0.3) is 0 Å². The fourth-order valence-corrected chi connectivity index (χ4v) is 1.92. The van der Waals surface area contributed by atoms with Crippen molar-refractivity contribution in [3.63, 3.8) is 0 Å². The van der Waals surface area contributed by atoms with E-state index in [1.807, 2.05) is 0 Å². The maximum Gasteiger partial charge on any atom is 0.244 e. The Labute approximate surface area is 123 Å². The molecule has 0 aliphatic carbocycles. The third-order valence-corrected chi connectivity index (χ3v) is 3.35. The highest BCUT2D eigenvalue weighted by Gasteiger charge is 2.18. The Morgan fingerprint density at radius 2 is 2.19 bits per heavy atom. The second kappa shape index (κ2) is 7.19. The molecule has 116 valence electrons. The van der Waals surface area contributed by atoms with Gasteiger partial charge in [0.05, 0.1) is 13.2 Å². The summed E-state index contributed by atoms with van der Waals surface area (Å²) in [6, 6.07) is 1.66. The first-order valence-corrected chi connectivity index (χ1v) is 7.00. The Morgan fingerprint density at radius 3 is 2.86 bits per heavy atom. The molecule has 1 aromatic heterocycles. The molecule has 0 bridgehead atoms. The SMILES string of the molecule is CC(CN)C(=O)Nc1ccn(CC(=O)N2CCOCC2)n1. The molecule has 1 aliphatic rings. The molecular weight excluding hydrogens is 274 g/mol. The first kappa shape index (κ1) is 15.5. The van der Waals surface area contributed by atoms with Crippen LogP contribution in [0.2, 0.25) is 0 Å². The molecule has 2 heterocycles. The number of anilines is 1. The monoisotopic (exact) mass is 295 g/mol. The van der Waals surface area contributed by atoms with Crippen LogP contribution in [0.1, 0.15) is 6.92 Å². The van der Waals surface area contributed by atoms with E-state index in [-0.39, 0.29) is 30.8 Å². The summed E-state index contributed by atoms with van der Waals surface area (Å²) in [5, 5.41) is 6.84. The molecule has 3 N–H and O–H groups in total. The number of hydrogen-bond acceptors (Lipinski definition) is 5. The molecule has 1 saturated heterocycles. The third kappa shape index (κ3) is 4.27. The highest BCUT2D eigenvalue weighted by Crippen LogP contribution is 2.06. The number of carbonyl (C=O) groups is 2. The molecule has 1 unspecified atom stereocenters. The van der Waals surface area contributed by atoms with Crippen molar-refractivity contribution in [3.8, 4) is 0 Å². The quantitative estimate of drug-likeness (QED) is 0.746. The van der Waals surface area contributed by atoms with Crippen molar-refractivity contribution in [3.05, 3.63) is 12.3 Å². The van der Waals surface area contributed by atoms with E-state index in [2.05, 4.69) is 10.4 Å². The number of ether oxygens (including phenoxy) is 1. The zero-order chi connectivity index (χ0) is 15.2. The number of rotatable bonds is 5. The van der Waals surface area contributed by atoms with Crippen molar-refractivity contribution in [1.82, 2.24) is 14.7 Å². The van der Waals surface area contributed by atoms with E-state index in [0.717, 1.165) is 0 Å². The van der Waals surface area contributed by atoms with Gasteiger partial charge >= 0.3 is 0 Å². The molecule has 1 aliphatic heterocycles. The minimum atomic E-state index is -0.273. The number of nitrogens with zero attached hydrogens (tertiary/aromatic N) is 3. The first-order chi connectivity index (χ1) is 10.1. The van der Waals surface area contributed by atoms with Crippen LogP contribution in [0.4, 0.5) is 5.82 Å². The average Bonchev–Trinajstić information content (AvgIpc) is 2.94. The lowest BCUT2D eigenvalue weighted by molar-refractivity contribution is -0.136. The van der Waals surface area contributed by atoms with Crippen molar-refractivity contribution in [2.45, 2.75) is 13.5 Å². The second-order valence-corrected chi connectivity index (χ2v) is 5.02. The molecule has 1 fully saturated rings. The Kier molecular flexibility index (Phi) is 5.29. The van der Waals surface area contributed by atoms with Gasteiger partial charge in [-0.15, -0.1) is 0 Å². The van der Waals surface area contributed by atoms with Crippen LogP contribution in [0.3, 0.4) is 0 Å². The molecule has 2 rings (SSSR count). The summed E-state index contributed by atoms with van der Waals surface area (Å²) < 4.78 is 6.72. The Morgan fingerprint density at radius 1 is 1.48 bits per heavy atom. The lowest BCUT2D eigenvalue weighted by atomic mass is 10.2. The van der Waals surface area contributed by atoms with Crippen molar-refractivity contribution in [2.75, 3.05) is 38.2 Å². The van der Waals surface area contributed by atoms with Gasteiger partial charge in [-0.1, -0.05) is 6.92 Å². The summed E-state index contributed by atoms with van der Waals surface area (Å²) in [7, 11) is 0. The molecule has 21 heavy (non-hydrogen) atoms. The van der Waals surface area contributed by atoms with Crippen LogP contribution in [-0.4, -0.2) is 59.3 Å². The fraction of sp³-hybridized carbons (Fsp3) is 0.615. The average molecular weight is 295 g/mol. The lowest BCUT2D eigenvalue weighted by Crippen LogP contribution is -2.42. The predicted molar refractivity (Wildman–Crippen MR) is 76.5 cm³/mol. The molecule has 1 atom stereocenters. The van der Waals surface area contributed by atoms with Crippen molar-refractivity contribution in [2.24, 2.45) is 11.7 Å². The maximum absolute atomic E-state index is 12.1. The minimum absolute atomic E-state index is 0.00500. The van der Waals surface area contributed by atoms with Crippen LogP contribution in [0.15, 0.2) is 12.3 Å². The highest BCUT2D eigenvalue weighted by atomic mass is 16.5. The van der Waals surface area contributed by atoms with Crippen LogP contribution < -0.4 is 11.1 Å². The topological polar surface area (TPSA) is 102 Å². The summed E-state index contributed by atoms with van der Waals surface area (Å²) in [6.07, 6.45) is 1.67. The number of hydrogen-bond donors (Lipinski definition) is 2. The van der Waals surface area contributed by atoms with Crippen molar-refractivity contribution >= 4 is 17.6 Å². The number of morpholine rings is 1. The number of amides is 2. The number of carbonyl (C=O) groups excluding carboxylic acids is 2. The van der Waals surface area contributed by atoms with Gasteiger partial charge in [-0.05, 0) is 0 Å². The molecule has 1 aromatic rings. The zero-order valence-corrected chi connectivity index (χ0v) is 12.1.